The minimum Gasteiger partial charge on any atom is -0.388 e. The highest BCUT2D eigenvalue weighted by Crippen LogP contribution is 2.26. The average Bonchev–Trinajstić information content (AvgIpc) is 2.38. The molecule has 0 spiro atoms. The molecule has 0 aliphatic heterocycles. The van der Waals surface area contributed by atoms with Crippen molar-refractivity contribution in [2.24, 2.45) is 0 Å². The highest BCUT2D eigenvalue weighted by atomic mass is 79.9. The normalized spacial score (nSPS) is 12.4. The summed E-state index contributed by atoms with van der Waals surface area (Å²) in [5.74, 6) is 0. The molecule has 0 saturated carbocycles. The summed E-state index contributed by atoms with van der Waals surface area (Å²) in [5, 5.41) is 10.2. The maximum atomic E-state index is 10.2. The SMILES string of the molecule is OC(CCCc1ccccc1)c1cc(Br)cc(Br)c1. The summed E-state index contributed by atoms with van der Waals surface area (Å²) in [6, 6.07) is 16.3. The topological polar surface area (TPSA) is 20.2 Å². The maximum absolute atomic E-state index is 10.2. The first kappa shape index (κ1) is 14.8. The number of aliphatic hydroxyl groups is 1. The molecule has 2 rings (SSSR count). The Bertz CT molecular complexity index is 505. The number of aliphatic hydroxyl groups excluding tert-OH is 1. The molecule has 0 amide bonds. The molecule has 1 unspecified atom stereocenters. The van der Waals surface area contributed by atoms with E-state index in [1.54, 1.807) is 0 Å². The smallest absolute Gasteiger partial charge is 0.0791 e. The summed E-state index contributed by atoms with van der Waals surface area (Å²) in [5.41, 5.74) is 2.28. The van der Waals surface area contributed by atoms with Gasteiger partial charge in [0.2, 0.25) is 0 Å². The zero-order valence-electron chi connectivity index (χ0n) is 10.5. The molecule has 1 nitrogen and oxygen atoms in total. The zero-order chi connectivity index (χ0) is 13.7. The number of halogens is 2. The number of hydrogen-bond donors (Lipinski definition) is 1. The van der Waals surface area contributed by atoms with Crippen LogP contribution in [0.2, 0.25) is 0 Å². The Morgan fingerprint density at radius 3 is 2.21 bits per heavy atom. The molecule has 0 fully saturated rings. The molecule has 19 heavy (non-hydrogen) atoms. The lowest BCUT2D eigenvalue weighted by Gasteiger charge is -2.12. The quantitative estimate of drug-likeness (QED) is 0.745. The van der Waals surface area contributed by atoms with Crippen molar-refractivity contribution >= 4 is 31.9 Å². The first-order valence-corrected chi connectivity index (χ1v) is 7.92. The molecule has 1 atom stereocenters. The van der Waals surface area contributed by atoms with Crippen molar-refractivity contribution in [3.05, 3.63) is 68.6 Å². The van der Waals surface area contributed by atoms with Gasteiger partial charge in [0, 0.05) is 8.95 Å². The van der Waals surface area contributed by atoms with Crippen LogP contribution in [0.4, 0.5) is 0 Å². The van der Waals surface area contributed by atoms with E-state index in [9.17, 15) is 5.11 Å². The van der Waals surface area contributed by atoms with Crippen molar-refractivity contribution in [2.75, 3.05) is 0 Å². The summed E-state index contributed by atoms with van der Waals surface area (Å²) in [6.07, 6.45) is 2.36. The second kappa shape index (κ2) is 7.22. The van der Waals surface area contributed by atoms with E-state index < -0.39 is 6.10 Å². The van der Waals surface area contributed by atoms with Gasteiger partial charge in [-0.05, 0) is 48.6 Å². The van der Waals surface area contributed by atoms with Crippen molar-refractivity contribution in [2.45, 2.75) is 25.4 Å². The van der Waals surface area contributed by atoms with Gasteiger partial charge in [-0.3, -0.25) is 0 Å². The maximum Gasteiger partial charge on any atom is 0.0791 e. The molecule has 2 aromatic rings. The van der Waals surface area contributed by atoms with E-state index >= 15 is 0 Å². The van der Waals surface area contributed by atoms with E-state index in [1.807, 2.05) is 24.3 Å². The number of aryl methyl sites for hydroxylation is 1. The van der Waals surface area contributed by atoms with Gasteiger partial charge in [-0.1, -0.05) is 62.2 Å². The van der Waals surface area contributed by atoms with Crippen LogP contribution in [0.5, 0.6) is 0 Å². The Labute approximate surface area is 130 Å². The summed E-state index contributed by atoms with van der Waals surface area (Å²) in [4.78, 5) is 0. The van der Waals surface area contributed by atoms with Gasteiger partial charge in [0.05, 0.1) is 6.10 Å². The highest BCUT2D eigenvalue weighted by Gasteiger charge is 2.09. The molecule has 2 aromatic carbocycles. The van der Waals surface area contributed by atoms with Gasteiger partial charge in [0.25, 0.3) is 0 Å². The molecule has 0 aliphatic carbocycles. The van der Waals surface area contributed by atoms with Crippen LogP contribution in [0.15, 0.2) is 57.5 Å². The molecular weight excluding hydrogens is 368 g/mol. The van der Waals surface area contributed by atoms with Crippen molar-refractivity contribution < 1.29 is 5.11 Å². The van der Waals surface area contributed by atoms with Crippen LogP contribution >= 0.6 is 31.9 Å². The fourth-order valence-corrected chi connectivity index (χ4v) is 3.41. The van der Waals surface area contributed by atoms with Crippen molar-refractivity contribution in [3.8, 4) is 0 Å². The third-order valence-corrected chi connectivity index (χ3v) is 3.97. The molecular formula is C16H16Br2O. The summed E-state index contributed by atoms with van der Waals surface area (Å²) in [7, 11) is 0. The molecule has 3 heteroatoms. The van der Waals surface area contributed by atoms with E-state index in [4.69, 9.17) is 0 Å². The Morgan fingerprint density at radius 2 is 1.58 bits per heavy atom. The molecule has 0 aromatic heterocycles. The van der Waals surface area contributed by atoms with Crippen LogP contribution in [0, 0.1) is 0 Å². The minimum absolute atomic E-state index is 0.405. The van der Waals surface area contributed by atoms with Crippen LogP contribution in [0.3, 0.4) is 0 Å². The van der Waals surface area contributed by atoms with Crippen LogP contribution in [-0.4, -0.2) is 5.11 Å². The van der Waals surface area contributed by atoms with Gasteiger partial charge in [-0.15, -0.1) is 0 Å². The lowest BCUT2D eigenvalue weighted by Crippen LogP contribution is -1.99. The standard InChI is InChI=1S/C16H16Br2O/c17-14-9-13(10-15(18)11-14)16(19)8-4-7-12-5-2-1-3-6-12/h1-3,5-6,9-11,16,19H,4,7-8H2. The Balaban J connectivity index is 1.89. The molecule has 0 heterocycles. The lowest BCUT2D eigenvalue weighted by molar-refractivity contribution is 0.164. The van der Waals surface area contributed by atoms with E-state index in [0.717, 1.165) is 33.8 Å². The average molecular weight is 384 g/mol. The molecule has 0 radical (unpaired) electrons. The fraction of sp³-hybridized carbons (Fsp3) is 0.250. The highest BCUT2D eigenvalue weighted by molar-refractivity contribution is 9.11. The predicted octanol–water partition coefficient (Wildman–Crippen LogP) is 5.27. The van der Waals surface area contributed by atoms with Gasteiger partial charge in [0.1, 0.15) is 0 Å². The number of hydrogen-bond acceptors (Lipinski definition) is 1. The third kappa shape index (κ3) is 4.75. The van der Waals surface area contributed by atoms with Gasteiger partial charge < -0.3 is 5.11 Å². The van der Waals surface area contributed by atoms with E-state index in [-0.39, 0.29) is 0 Å². The zero-order valence-corrected chi connectivity index (χ0v) is 13.7. The first-order valence-electron chi connectivity index (χ1n) is 6.33. The summed E-state index contributed by atoms with van der Waals surface area (Å²) < 4.78 is 1.97. The number of rotatable bonds is 5. The second-order valence-corrected chi connectivity index (χ2v) is 6.43. The summed E-state index contributed by atoms with van der Waals surface area (Å²) >= 11 is 6.89. The Hall–Kier alpha value is -0.640. The van der Waals surface area contributed by atoms with Crippen LogP contribution in [-0.2, 0) is 6.42 Å². The molecule has 0 bridgehead atoms. The minimum atomic E-state index is -0.405. The summed E-state index contributed by atoms with van der Waals surface area (Å²) in [6.45, 7) is 0. The predicted molar refractivity (Wildman–Crippen MR) is 86.2 cm³/mol. The number of benzene rings is 2. The van der Waals surface area contributed by atoms with E-state index in [0.29, 0.717) is 0 Å². The molecule has 1 N–H and O–H groups in total. The molecule has 100 valence electrons. The fourth-order valence-electron chi connectivity index (χ4n) is 2.08. The lowest BCUT2D eigenvalue weighted by atomic mass is 10.0. The van der Waals surface area contributed by atoms with E-state index in [1.165, 1.54) is 5.56 Å². The van der Waals surface area contributed by atoms with Crippen LogP contribution < -0.4 is 0 Å². The van der Waals surface area contributed by atoms with Gasteiger partial charge >= 0.3 is 0 Å². The largest absolute Gasteiger partial charge is 0.388 e. The van der Waals surface area contributed by atoms with Crippen LogP contribution in [0.1, 0.15) is 30.1 Å². The first-order chi connectivity index (χ1) is 9.15. The molecule has 0 saturated heterocycles. The van der Waals surface area contributed by atoms with Gasteiger partial charge in [-0.25, -0.2) is 0 Å². The van der Waals surface area contributed by atoms with Crippen molar-refractivity contribution in [1.29, 1.82) is 0 Å². The van der Waals surface area contributed by atoms with Crippen molar-refractivity contribution in [3.63, 3.8) is 0 Å². The van der Waals surface area contributed by atoms with E-state index in [2.05, 4.69) is 56.1 Å². The monoisotopic (exact) mass is 382 g/mol. The second-order valence-electron chi connectivity index (χ2n) is 4.60. The van der Waals surface area contributed by atoms with Gasteiger partial charge in [0.15, 0.2) is 0 Å². The molecule has 0 aliphatic rings. The Kier molecular flexibility index (Phi) is 5.61. The Morgan fingerprint density at radius 1 is 0.947 bits per heavy atom. The third-order valence-electron chi connectivity index (χ3n) is 3.06. The van der Waals surface area contributed by atoms with Crippen molar-refractivity contribution in [1.82, 2.24) is 0 Å². The van der Waals surface area contributed by atoms with Gasteiger partial charge in [-0.2, -0.15) is 0 Å². The van der Waals surface area contributed by atoms with Crippen LogP contribution in [0.25, 0.3) is 0 Å².